The number of hydrogen-bond acceptors (Lipinski definition) is 3. The molecule has 0 spiro atoms. The van der Waals surface area contributed by atoms with E-state index < -0.39 is 17.8 Å². The molecule has 0 atom stereocenters. The standard InChI is InChI=1S/C12H11FN4O3/c13-7-1-2-10(9(3-7)11(18)19)17-12(20)15-5-8-4-14-6-16-8/h1-4,6H,5H2,(H,14,16)(H,18,19)(H2,15,17,20). The van der Waals surface area contributed by atoms with E-state index in [-0.39, 0.29) is 17.8 Å². The fraction of sp³-hybridized carbons (Fsp3) is 0.0833. The monoisotopic (exact) mass is 278 g/mol. The van der Waals surface area contributed by atoms with Gasteiger partial charge in [0.1, 0.15) is 5.82 Å². The summed E-state index contributed by atoms with van der Waals surface area (Å²) < 4.78 is 13.0. The Kier molecular flexibility index (Phi) is 3.94. The van der Waals surface area contributed by atoms with Crippen LogP contribution in [0.25, 0.3) is 0 Å². The lowest BCUT2D eigenvalue weighted by Crippen LogP contribution is -2.29. The van der Waals surface area contributed by atoms with Crippen LogP contribution in [0.4, 0.5) is 14.9 Å². The van der Waals surface area contributed by atoms with Crippen molar-refractivity contribution in [3.8, 4) is 0 Å². The molecule has 0 aliphatic heterocycles. The van der Waals surface area contributed by atoms with E-state index in [1.807, 2.05) is 0 Å². The number of halogens is 1. The van der Waals surface area contributed by atoms with Gasteiger partial charge in [0.25, 0.3) is 0 Å². The fourth-order valence-corrected chi connectivity index (χ4v) is 1.53. The highest BCUT2D eigenvalue weighted by molar-refractivity contribution is 5.99. The summed E-state index contributed by atoms with van der Waals surface area (Å²) in [4.78, 5) is 29.2. The lowest BCUT2D eigenvalue weighted by molar-refractivity contribution is 0.0697. The number of carboxylic acid groups (broad SMARTS) is 1. The maximum atomic E-state index is 13.0. The van der Waals surface area contributed by atoms with Gasteiger partial charge in [-0.15, -0.1) is 0 Å². The van der Waals surface area contributed by atoms with E-state index in [1.54, 1.807) is 6.20 Å². The fourth-order valence-electron chi connectivity index (χ4n) is 1.53. The van der Waals surface area contributed by atoms with Gasteiger partial charge < -0.3 is 20.7 Å². The number of aromatic carboxylic acids is 1. The van der Waals surface area contributed by atoms with Gasteiger partial charge in [0.2, 0.25) is 0 Å². The molecule has 2 aromatic rings. The van der Waals surface area contributed by atoms with Crippen molar-refractivity contribution in [3.63, 3.8) is 0 Å². The lowest BCUT2D eigenvalue weighted by Gasteiger charge is -2.09. The van der Waals surface area contributed by atoms with Crippen LogP contribution in [0.15, 0.2) is 30.7 Å². The zero-order chi connectivity index (χ0) is 14.5. The zero-order valence-electron chi connectivity index (χ0n) is 10.2. The van der Waals surface area contributed by atoms with E-state index in [9.17, 15) is 14.0 Å². The lowest BCUT2D eigenvalue weighted by atomic mass is 10.2. The number of H-pyrrole nitrogens is 1. The quantitative estimate of drug-likeness (QED) is 0.680. The first-order chi connectivity index (χ1) is 9.56. The van der Waals surface area contributed by atoms with E-state index in [4.69, 9.17) is 5.11 Å². The van der Waals surface area contributed by atoms with E-state index in [0.29, 0.717) is 5.69 Å². The Hall–Kier alpha value is -2.90. The smallest absolute Gasteiger partial charge is 0.337 e. The average Bonchev–Trinajstić information content (AvgIpc) is 2.91. The molecule has 0 aliphatic carbocycles. The molecule has 7 nitrogen and oxygen atoms in total. The largest absolute Gasteiger partial charge is 0.478 e. The number of amides is 2. The Bertz CT molecular complexity index is 628. The van der Waals surface area contributed by atoms with Crippen LogP contribution in [0.5, 0.6) is 0 Å². The van der Waals surface area contributed by atoms with Crippen LogP contribution < -0.4 is 10.6 Å². The summed E-state index contributed by atoms with van der Waals surface area (Å²) >= 11 is 0. The highest BCUT2D eigenvalue weighted by atomic mass is 19.1. The Labute approximate surface area is 112 Å². The van der Waals surface area contributed by atoms with Crippen molar-refractivity contribution in [1.82, 2.24) is 15.3 Å². The molecule has 4 N–H and O–H groups in total. The van der Waals surface area contributed by atoms with Crippen molar-refractivity contribution < 1.29 is 19.1 Å². The van der Waals surface area contributed by atoms with Crippen LogP contribution in [0.2, 0.25) is 0 Å². The number of imidazole rings is 1. The first-order valence-electron chi connectivity index (χ1n) is 5.61. The molecule has 8 heteroatoms. The Morgan fingerprint density at radius 3 is 2.85 bits per heavy atom. The number of aromatic amines is 1. The minimum atomic E-state index is -1.33. The normalized spacial score (nSPS) is 10.1. The minimum Gasteiger partial charge on any atom is -0.478 e. The molecule has 1 aromatic heterocycles. The SMILES string of the molecule is O=C(NCc1cnc[nH]1)Nc1ccc(F)cc1C(=O)O. The first-order valence-corrected chi connectivity index (χ1v) is 5.61. The molecule has 1 aromatic carbocycles. The number of rotatable bonds is 4. The second kappa shape index (κ2) is 5.83. The van der Waals surface area contributed by atoms with E-state index in [2.05, 4.69) is 20.6 Å². The molecule has 2 amide bonds. The molecule has 0 aliphatic rings. The summed E-state index contributed by atoms with van der Waals surface area (Å²) in [5.74, 6) is -2.01. The van der Waals surface area contributed by atoms with Crippen LogP contribution in [-0.2, 0) is 6.54 Å². The van der Waals surface area contributed by atoms with Gasteiger partial charge in [-0.05, 0) is 18.2 Å². The molecule has 1 heterocycles. The third-order valence-electron chi connectivity index (χ3n) is 2.45. The number of benzene rings is 1. The van der Waals surface area contributed by atoms with Crippen LogP contribution in [0, 0.1) is 5.82 Å². The minimum absolute atomic E-state index is 0.0148. The first kappa shape index (κ1) is 13.5. The third-order valence-corrected chi connectivity index (χ3v) is 2.45. The summed E-state index contributed by atoms with van der Waals surface area (Å²) in [6, 6.07) is 2.49. The number of aromatic nitrogens is 2. The van der Waals surface area contributed by atoms with Crippen LogP contribution in [0.1, 0.15) is 16.1 Å². The van der Waals surface area contributed by atoms with E-state index in [0.717, 1.165) is 12.1 Å². The maximum absolute atomic E-state index is 13.0. The number of urea groups is 1. The molecule has 0 unspecified atom stereocenters. The van der Waals surface area contributed by atoms with Crippen molar-refractivity contribution in [2.75, 3.05) is 5.32 Å². The second-order valence-corrected chi connectivity index (χ2v) is 3.88. The van der Waals surface area contributed by atoms with Crippen LogP contribution >= 0.6 is 0 Å². The van der Waals surface area contributed by atoms with Crippen LogP contribution in [0.3, 0.4) is 0 Å². The molecule has 0 bridgehead atoms. The van der Waals surface area contributed by atoms with Gasteiger partial charge in [-0.3, -0.25) is 0 Å². The zero-order valence-corrected chi connectivity index (χ0v) is 10.2. The van der Waals surface area contributed by atoms with Gasteiger partial charge in [0.05, 0.1) is 29.8 Å². The Morgan fingerprint density at radius 1 is 1.40 bits per heavy atom. The highest BCUT2D eigenvalue weighted by Crippen LogP contribution is 2.16. The van der Waals surface area contributed by atoms with Gasteiger partial charge >= 0.3 is 12.0 Å². The summed E-state index contributed by atoms with van der Waals surface area (Å²) in [6.45, 7) is 0.204. The molecule has 0 saturated carbocycles. The molecule has 2 rings (SSSR count). The number of carboxylic acids is 1. The summed E-state index contributed by atoms with van der Waals surface area (Å²) in [7, 11) is 0. The molecule has 0 saturated heterocycles. The van der Waals surface area contributed by atoms with Gasteiger partial charge in [-0.25, -0.2) is 19.0 Å². The van der Waals surface area contributed by atoms with Gasteiger partial charge in [0, 0.05) is 6.20 Å². The average molecular weight is 278 g/mol. The van der Waals surface area contributed by atoms with Crippen molar-refractivity contribution in [3.05, 3.63) is 47.8 Å². The van der Waals surface area contributed by atoms with Gasteiger partial charge in [-0.1, -0.05) is 0 Å². The van der Waals surface area contributed by atoms with Gasteiger partial charge in [0.15, 0.2) is 0 Å². The second-order valence-electron chi connectivity index (χ2n) is 3.88. The molecule has 0 radical (unpaired) electrons. The number of carbonyl (C=O) groups excluding carboxylic acids is 1. The summed E-state index contributed by atoms with van der Waals surface area (Å²) in [6.07, 6.45) is 3.01. The number of hydrogen-bond donors (Lipinski definition) is 4. The molecular formula is C12H11FN4O3. The number of nitrogens with zero attached hydrogens (tertiary/aromatic N) is 1. The predicted molar refractivity (Wildman–Crippen MR) is 67.8 cm³/mol. The van der Waals surface area contributed by atoms with Crippen LogP contribution in [-0.4, -0.2) is 27.1 Å². The number of anilines is 1. The van der Waals surface area contributed by atoms with Crippen molar-refractivity contribution in [2.45, 2.75) is 6.54 Å². The van der Waals surface area contributed by atoms with E-state index >= 15 is 0 Å². The van der Waals surface area contributed by atoms with Gasteiger partial charge in [-0.2, -0.15) is 0 Å². The van der Waals surface area contributed by atoms with E-state index in [1.165, 1.54) is 12.4 Å². The number of nitrogens with one attached hydrogen (secondary N) is 3. The van der Waals surface area contributed by atoms with Crippen molar-refractivity contribution >= 4 is 17.7 Å². The highest BCUT2D eigenvalue weighted by Gasteiger charge is 2.13. The summed E-state index contributed by atoms with van der Waals surface area (Å²) in [5.41, 5.74) is 0.389. The summed E-state index contributed by atoms with van der Waals surface area (Å²) in [5, 5.41) is 13.8. The maximum Gasteiger partial charge on any atom is 0.337 e. The van der Waals surface area contributed by atoms with Crippen molar-refractivity contribution in [1.29, 1.82) is 0 Å². The molecule has 20 heavy (non-hydrogen) atoms. The predicted octanol–water partition coefficient (Wildman–Crippen LogP) is 1.57. The molecule has 104 valence electrons. The Morgan fingerprint density at radius 2 is 2.20 bits per heavy atom. The molecule has 0 fully saturated rings. The Balaban J connectivity index is 2.02. The third kappa shape index (κ3) is 3.31. The molecular weight excluding hydrogens is 267 g/mol. The number of carbonyl (C=O) groups is 2. The topological polar surface area (TPSA) is 107 Å². The van der Waals surface area contributed by atoms with Crippen molar-refractivity contribution in [2.24, 2.45) is 0 Å².